The normalized spacial score (nSPS) is 12.4. The van der Waals surface area contributed by atoms with Crippen LogP contribution in [0.5, 0.6) is 0 Å². The summed E-state index contributed by atoms with van der Waals surface area (Å²) in [6.45, 7) is 10.5. The van der Waals surface area contributed by atoms with E-state index in [1.54, 1.807) is 0 Å². The average Bonchev–Trinajstić information content (AvgIpc) is 2.26. The van der Waals surface area contributed by atoms with E-state index < -0.39 is 0 Å². The van der Waals surface area contributed by atoms with Crippen molar-refractivity contribution in [2.75, 3.05) is 40.4 Å². The Balaban J connectivity index is 3.24. The lowest BCUT2D eigenvalue weighted by Crippen LogP contribution is -2.42. The standard InChI is InChI=1S/C14H32N2O/c1-6-15-11-9-7-8-10-12-17-13-14(2,3)16(4)5/h15H,6-13H2,1-5H3. The van der Waals surface area contributed by atoms with E-state index in [4.69, 9.17) is 4.74 Å². The second kappa shape index (κ2) is 9.86. The Kier molecular flexibility index (Phi) is 9.79. The molecule has 0 aromatic rings. The van der Waals surface area contributed by atoms with Crippen LogP contribution in [0.1, 0.15) is 46.5 Å². The molecule has 3 heteroatoms. The molecular formula is C14H32N2O. The van der Waals surface area contributed by atoms with Crippen LogP contribution in [0.15, 0.2) is 0 Å². The molecule has 3 nitrogen and oxygen atoms in total. The van der Waals surface area contributed by atoms with Gasteiger partial charge >= 0.3 is 0 Å². The molecule has 0 aromatic heterocycles. The second-order valence-electron chi connectivity index (χ2n) is 5.53. The third kappa shape index (κ3) is 9.57. The number of ether oxygens (including phenoxy) is 1. The molecule has 0 spiro atoms. The van der Waals surface area contributed by atoms with Crippen molar-refractivity contribution in [2.24, 2.45) is 0 Å². The zero-order valence-corrected chi connectivity index (χ0v) is 12.5. The molecule has 0 aliphatic rings. The molecule has 0 saturated carbocycles. The maximum atomic E-state index is 5.73. The van der Waals surface area contributed by atoms with Crippen LogP contribution in [0.4, 0.5) is 0 Å². The summed E-state index contributed by atoms with van der Waals surface area (Å²) < 4.78 is 5.73. The summed E-state index contributed by atoms with van der Waals surface area (Å²) in [6.07, 6.45) is 5.08. The average molecular weight is 244 g/mol. The molecule has 0 heterocycles. The minimum Gasteiger partial charge on any atom is -0.380 e. The highest BCUT2D eigenvalue weighted by Gasteiger charge is 2.19. The van der Waals surface area contributed by atoms with Crippen molar-refractivity contribution in [2.45, 2.75) is 52.0 Å². The molecule has 0 radical (unpaired) electrons. The zero-order chi connectivity index (χ0) is 13.1. The quantitative estimate of drug-likeness (QED) is 0.565. The Morgan fingerprint density at radius 3 is 2.29 bits per heavy atom. The third-order valence-electron chi connectivity index (χ3n) is 3.31. The van der Waals surface area contributed by atoms with E-state index in [0.717, 1.165) is 26.3 Å². The first-order valence-corrected chi connectivity index (χ1v) is 6.96. The molecule has 0 fully saturated rings. The van der Waals surface area contributed by atoms with Gasteiger partial charge in [-0.15, -0.1) is 0 Å². The van der Waals surface area contributed by atoms with Gasteiger partial charge in [-0.3, -0.25) is 0 Å². The number of rotatable bonds is 11. The van der Waals surface area contributed by atoms with Crippen LogP contribution in [0.3, 0.4) is 0 Å². The van der Waals surface area contributed by atoms with E-state index in [9.17, 15) is 0 Å². The highest BCUT2D eigenvalue weighted by atomic mass is 16.5. The van der Waals surface area contributed by atoms with Crippen molar-refractivity contribution in [3.63, 3.8) is 0 Å². The van der Waals surface area contributed by atoms with E-state index in [1.807, 2.05) is 0 Å². The summed E-state index contributed by atoms with van der Waals surface area (Å²) in [4.78, 5) is 2.21. The monoisotopic (exact) mass is 244 g/mol. The number of nitrogens with zero attached hydrogens (tertiary/aromatic N) is 1. The summed E-state index contributed by atoms with van der Waals surface area (Å²) in [5, 5.41) is 3.35. The molecule has 17 heavy (non-hydrogen) atoms. The SMILES string of the molecule is CCNCCCCCCOCC(C)(C)N(C)C. The molecule has 0 rings (SSSR count). The van der Waals surface area contributed by atoms with Crippen molar-refractivity contribution in [1.29, 1.82) is 0 Å². The lowest BCUT2D eigenvalue weighted by atomic mass is 10.1. The highest BCUT2D eigenvalue weighted by molar-refractivity contribution is 4.75. The van der Waals surface area contributed by atoms with Gasteiger partial charge in [-0.2, -0.15) is 0 Å². The lowest BCUT2D eigenvalue weighted by molar-refractivity contribution is 0.0345. The molecule has 1 N–H and O–H groups in total. The first-order valence-electron chi connectivity index (χ1n) is 6.96. The summed E-state index contributed by atoms with van der Waals surface area (Å²) in [5.41, 5.74) is 0.144. The van der Waals surface area contributed by atoms with Gasteiger partial charge in [-0.25, -0.2) is 0 Å². The van der Waals surface area contributed by atoms with Gasteiger partial charge in [0.2, 0.25) is 0 Å². The Labute approximate surface area is 108 Å². The fourth-order valence-electron chi connectivity index (χ4n) is 1.44. The topological polar surface area (TPSA) is 24.5 Å². The minimum atomic E-state index is 0.144. The third-order valence-corrected chi connectivity index (χ3v) is 3.31. The predicted molar refractivity (Wildman–Crippen MR) is 75.6 cm³/mol. The molecule has 0 aliphatic carbocycles. The molecule has 104 valence electrons. The van der Waals surface area contributed by atoms with Gasteiger partial charge < -0.3 is 15.0 Å². The summed E-state index contributed by atoms with van der Waals surface area (Å²) in [5.74, 6) is 0. The van der Waals surface area contributed by atoms with E-state index in [1.165, 1.54) is 25.7 Å². The molecule has 0 unspecified atom stereocenters. The molecule has 0 atom stereocenters. The van der Waals surface area contributed by atoms with Gasteiger partial charge in [0, 0.05) is 12.1 Å². The molecule has 0 aliphatic heterocycles. The van der Waals surface area contributed by atoms with Crippen molar-refractivity contribution in [1.82, 2.24) is 10.2 Å². The van der Waals surface area contributed by atoms with Crippen LogP contribution >= 0.6 is 0 Å². The smallest absolute Gasteiger partial charge is 0.0644 e. The molecule has 0 aromatic carbocycles. The van der Waals surface area contributed by atoms with Gasteiger partial charge in [-0.05, 0) is 53.9 Å². The van der Waals surface area contributed by atoms with E-state index in [-0.39, 0.29) is 5.54 Å². The van der Waals surface area contributed by atoms with Gasteiger partial charge in [0.15, 0.2) is 0 Å². The molecular weight excluding hydrogens is 212 g/mol. The first-order chi connectivity index (χ1) is 8.00. The number of unbranched alkanes of at least 4 members (excludes halogenated alkanes) is 3. The van der Waals surface area contributed by atoms with E-state index >= 15 is 0 Å². The lowest BCUT2D eigenvalue weighted by Gasteiger charge is -2.32. The Morgan fingerprint density at radius 2 is 1.71 bits per heavy atom. The number of likely N-dealkylation sites (N-methyl/N-ethyl adjacent to an activating group) is 1. The summed E-state index contributed by atoms with van der Waals surface area (Å²) >= 11 is 0. The number of nitrogens with one attached hydrogen (secondary N) is 1. The van der Waals surface area contributed by atoms with Gasteiger partial charge in [0.25, 0.3) is 0 Å². The van der Waals surface area contributed by atoms with Gasteiger partial charge in [0.05, 0.1) is 6.61 Å². The predicted octanol–water partition coefficient (Wildman–Crippen LogP) is 2.51. The van der Waals surface area contributed by atoms with Gasteiger partial charge in [-0.1, -0.05) is 19.8 Å². The van der Waals surface area contributed by atoms with E-state index in [2.05, 4.69) is 45.1 Å². The van der Waals surface area contributed by atoms with Crippen LogP contribution in [0.2, 0.25) is 0 Å². The van der Waals surface area contributed by atoms with Crippen molar-refractivity contribution < 1.29 is 4.74 Å². The van der Waals surface area contributed by atoms with Crippen molar-refractivity contribution in [3.8, 4) is 0 Å². The second-order valence-corrected chi connectivity index (χ2v) is 5.53. The van der Waals surface area contributed by atoms with Crippen molar-refractivity contribution in [3.05, 3.63) is 0 Å². The molecule has 0 bridgehead atoms. The fraction of sp³-hybridized carbons (Fsp3) is 1.00. The zero-order valence-electron chi connectivity index (χ0n) is 12.5. The number of hydrogen-bond acceptors (Lipinski definition) is 3. The Bertz CT molecular complexity index is 170. The fourth-order valence-corrected chi connectivity index (χ4v) is 1.44. The molecule has 0 saturated heterocycles. The van der Waals surface area contributed by atoms with Crippen LogP contribution in [0, 0.1) is 0 Å². The highest BCUT2D eigenvalue weighted by Crippen LogP contribution is 2.10. The van der Waals surface area contributed by atoms with Crippen LogP contribution in [0.25, 0.3) is 0 Å². The van der Waals surface area contributed by atoms with Crippen LogP contribution in [-0.2, 0) is 4.74 Å². The maximum Gasteiger partial charge on any atom is 0.0644 e. The van der Waals surface area contributed by atoms with E-state index in [0.29, 0.717) is 0 Å². The summed E-state index contributed by atoms with van der Waals surface area (Å²) in [6, 6.07) is 0. The van der Waals surface area contributed by atoms with Crippen LogP contribution < -0.4 is 5.32 Å². The largest absolute Gasteiger partial charge is 0.380 e. The minimum absolute atomic E-state index is 0.144. The maximum absolute atomic E-state index is 5.73. The first kappa shape index (κ1) is 16.9. The number of hydrogen-bond donors (Lipinski definition) is 1. The van der Waals surface area contributed by atoms with Crippen LogP contribution in [-0.4, -0.2) is 50.8 Å². The van der Waals surface area contributed by atoms with Crippen molar-refractivity contribution >= 4 is 0 Å². The molecule has 0 amide bonds. The Morgan fingerprint density at radius 1 is 1.06 bits per heavy atom. The Hall–Kier alpha value is -0.120. The summed E-state index contributed by atoms with van der Waals surface area (Å²) in [7, 11) is 4.20. The van der Waals surface area contributed by atoms with Gasteiger partial charge in [0.1, 0.15) is 0 Å².